The number of β-lactam (4-membered cyclic amide) rings is 1. The fourth-order valence-corrected chi connectivity index (χ4v) is 6.65. The van der Waals surface area contributed by atoms with Crippen molar-refractivity contribution in [3.63, 3.8) is 0 Å². The van der Waals surface area contributed by atoms with Crippen molar-refractivity contribution in [3.05, 3.63) is 23.9 Å². The van der Waals surface area contributed by atoms with Crippen LogP contribution in [-0.2, 0) is 23.5 Å². The van der Waals surface area contributed by atoms with Gasteiger partial charge in [-0.3, -0.25) is 9.69 Å². The summed E-state index contributed by atoms with van der Waals surface area (Å²) in [6.07, 6.45) is 1.28. The minimum atomic E-state index is -1.51. The molecule has 0 bridgehead atoms. The van der Waals surface area contributed by atoms with E-state index in [-0.39, 0.29) is 42.8 Å². The van der Waals surface area contributed by atoms with E-state index in [1.165, 1.54) is 15.9 Å². The Labute approximate surface area is 197 Å². The van der Waals surface area contributed by atoms with Crippen LogP contribution in [0.25, 0.3) is 0 Å². The third-order valence-corrected chi connectivity index (χ3v) is 8.01. The molecule has 2 saturated heterocycles. The molecule has 2 fully saturated rings. The lowest BCUT2D eigenvalue weighted by Crippen LogP contribution is -2.70. The molecule has 10 heteroatoms. The molecule has 0 aromatic carbocycles. The van der Waals surface area contributed by atoms with Crippen LogP contribution < -0.4 is 0 Å². The number of rotatable bonds is 7. The highest BCUT2D eigenvalue weighted by Crippen LogP contribution is 2.53. The first-order valence-corrected chi connectivity index (χ1v) is 14.2. The Hall–Kier alpha value is -2.17. The number of carboxylic acid groups (broad SMARTS) is 1. The first-order chi connectivity index (χ1) is 15.3. The first kappa shape index (κ1) is 25.4. The molecule has 4 atom stereocenters. The van der Waals surface area contributed by atoms with E-state index < -0.39 is 38.7 Å². The lowest BCUT2D eigenvalue weighted by atomic mass is 9.63. The maximum absolute atomic E-state index is 13.4. The van der Waals surface area contributed by atoms with Gasteiger partial charge in [0.15, 0.2) is 9.04 Å². The van der Waals surface area contributed by atoms with Crippen LogP contribution in [0.5, 0.6) is 0 Å². The fourth-order valence-electron chi connectivity index (χ4n) is 5.17. The summed E-state index contributed by atoms with van der Waals surface area (Å²) >= 11 is 0. The Morgan fingerprint density at radius 1 is 1.30 bits per heavy atom. The van der Waals surface area contributed by atoms with E-state index >= 15 is 0 Å². The molecule has 0 unspecified atom stereocenters. The van der Waals surface area contributed by atoms with Gasteiger partial charge in [-0.15, -0.1) is 0 Å². The highest BCUT2D eigenvalue weighted by molar-refractivity contribution is 6.48. The standard InChI is InChI=1S/C23H36N2O7Si/c1-8-10-31-21(29)24-9-11-30-13-16(24)14-12-15-17(19(26)25(15)18(14)20(27)28)23(5,22(2,3)4)32-33(6)7/h8,15-17,33H,1,9-13H2,2-7H3,(H,27,28)/t15-,16+,17-,23-/m1/s1. The number of hydrogen-bond acceptors (Lipinski definition) is 6. The van der Waals surface area contributed by atoms with Crippen LogP contribution in [0.15, 0.2) is 23.9 Å². The topological polar surface area (TPSA) is 106 Å². The van der Waals surface area contributed by atoms with Crippen molar-refractivity contribution >= 4 is 27.0 Å². The normalized spacial score (nSPS) is 27.2. The number of fused-ring (bicyclic) bond motifs is 1. The zero-order valence-corrected chi connectivity index (χ0v) is 21.6. The molecule has 0 spiro atoms. The molecule has 33 heavy (non-hydrogen) atoms. The molecular formula is C23H36N2O7Si. The van der Waals surface area contributed by atoms with Crippen molar-refractivity contribution in [3.8, 4) is 0 Å². The second-order valence-corrected chi connectivity index (χ2v) is 12.6. The second kappa shape index (κ2) is 9.23. The summed E-state index contributed by atoms with van der Waals surface area (Å²) in [4.78, 5) is 41.3. The third-order valence-electron chi connectivity index (χ3n) is 7.05. The maximum Gasteiger partial charge on any atom is 0.410 e. The smallest absolute Gasteiger partial charge is 0.410 e. The fraction of sp³-hybridized carbons (Fsp3) is 0.696. The van der Waals surface area contributed by atoms with Crippen molar-refractivity contribution in [2.24, 2.45) is 11.3 Å². The van der Waals surface area contributed by atoms with Gasteiger partial charge in [-0.25, -0.2) is 9.59 Å². The average Bonchev–Trinajstić information content (AvgIpc) is 3.05. The number of ether oxygens (including phenoxy) is 2. The summed E-state index contributed by atoms with van der Waals surface area (Å²) < 4.78 is 17.3. The number of aliphatic carboxylic acids is 1. The summed E-state index contributed by atoms with van der Waals surface area (Å²) in [5.74, 6) is -1.89. The summed E-state index contributed by atoms with van der Waals surface area (Å²) in [6, 6.07) is -0.939. The predicted octanol–water partition coefficient (Wildman–Crippen LogP) is 2.38. The van der Waals surface area contributed by atoms with Crippen LogP contribution in [0.3, 0.4) is 0 Å². The monoisotopic (exact) mass is 480 g/mol. The Morgan fingerprint density at radius 3 is 2.52 bits per heavy atom. The van der Waals surface area contributed by atoms with Gasteiger partial charge in [-0.05, 0) is 37.4 Å². The SMILES string of the molecule is C=CCOC(=O)N1CCOC[C@H]1C1=C(C(=O)O)N2C(=O)[C@H]([C@@](C)(O[SiH](C)C)C(C)(C)C)[C@H]2C1. The molecule has 0 saturated carbocycles. The Balaban J connectivity index is 1.96. The maximum atomic E-state index is 13.4. The predicted molar refractivity (Wildman–Crippen MR) is 124 cm³/mol. The van der Waals surface area contributed by atoms with Crippen LogP contribution in [0.4, 0.5) is 4.79 Å². The van der Waals surface area contributed by atoms with Gasteiger partial charge < -0.3 is 23.9 Å². The molecule has 0 aliphatic carbocycles. The highest BCUT2D eigenvalue weighted by atomic mass is 28.3. The first-order valence-electron chi connectivity index (χ1n) is 11.4. The Morgan fingerprint density at radius 2 is 1.97 bits per heavy atom. The molecule has 3 heterocycles. The van der Waals surface area contributed by atoms with Crippen LogP contribution in [-0.4, -0.2) is 86.0 Å². The van der Waals surface area contributed by atoms with E-state index in [9.17, 15) is 19.5 Å². The summed E-state index contributed by atoms with van der Waals surface area (Å²) in [5.41, 5.74) is -0.596. The molecular weight excluding hydrogens is 444 g/mol. The van der Waals surface area contributed by atoms with Crippen molar-refractivity contribution in [2.75, 3.05) is 26.4 Å². The van der Waals surface area contributed by atoms with E-state index in [1.807, 2.05) is 27.7 Å². The van der Waals surface area contributed by atoms with Gasteiger partial charge >= 0.3 is 12.1 Å². The van der Waals surface area contributed by atoms with Gasteiger partial charge in [-0.1, -0.05) is 33.4 Å². The minimum absolute atomic E-state index is 0.0451. The molecule has 2 amide bonds. The number of carbonyl (C=O) groups is 3. The van der Waals surface area contributed by atoms with Gasteiger partial charge in [0.1, 0.15) is 12.3 Å². The Bertz CT molecular complexity index is 865. The molecule has 3 rings (SSSR count). The lowest BCUT2D eigenvalue weighted by molar-refractivity contribution is -0.180. The molecule has 184 valence electrons. The molecule has 0 aromatic rings. The molecule has 9 nitrogen and oxygen atoms in total. The number of amides is 2. The van der Waals surface area contributed by atoms with Crippen molar-refractivity contribution in [1.29, 1.82) is 0 Å². The summed E-state index contributed by atoms with van der Waals surface area (Å²) in [5, 5.41) is 10.0. The van der Waals surface area contributed by atoms with E-state index in [0.29, 0.717) is 18.6 Å². The van der Waals surface area contributed by atoms with Crippen LogP contribution in [0, 0.1) is 11.3 Å². The van der Waals surface area contributed by atoms with E-state index in [0.717, 1.165) is 0 Å². The number of carboxylic acids is 1. The molecule has 3 aliphatic heterocycles. The van der Waals surface area contributed by atoms with Gasteiger partial charge in [0, 0.05) is 6.54 Å². The number of nitrogens with zero attached hydrogens (tertiary/aromatic N) is 2. The van der Waals surface area contributed by atoms with E-state index in [2.05, 4.69) is 19.7 Å². The molecule has 0 radical (unpaired) electrons. The number of hydrogen-bond donors (Lipinski definition) is 1. The Kier molecular flexibility index (Phi) is 7.12. The van der Waals surface area contributed by atoms with Crippen LogP contribution in [0.1, 0.15) is 34.1 Å². The zero-order valence-electron chi connectivity index (χ0n) is 20.4. The van der Waals surface area contributed by atoms with E-state index in [4.69, 9.17) is 13.9 Å². The third kappa shape index (κ3) is 4.35. The number of carbonyl (C=O) groups excluding carboxylic acids is 2. The van der Waals surface area contributed by atoms with Crippen LogP contribution in [0.2, 0.25) is 13.1 Å². The van der Waals surface area contributed by atoms with Crippen molar-refractivity contribution in [2.45, 2.75) is 64.9 Å². The quantitative estimate of drug-likeness (QED) is 0.339. The summed E-state index contributed by atoms with van der Waals surface area (Å²) in [7, 11) is -1.51. The zero-order chi connectivity index (χ0) is 24.7. The lowest BCUT2D eigenvalue weighted by Gasteiger charge is -2.57. The average molecular weight is 481 g/mol. The second-order valence-electron chi connectivity index (χ2n) is 10.3. The largest absolute Gasteiger partial charge is 0.477 e. The summed E-state index contributed by atoms with van der Waals surface area (Å²) in [6.45, 7) is 16.6. The van der Waals surface area contributed by atoms with Gasteiger partial charge in [0.05, 0.1) is 36.8 Å². The molecule has 1 N–H and O–H groups in total. The highest BCUT2D eigenvalue weighted by Gasteiger charge is 2.65. The van der Waals surface area contributed by atoms with Gasteiger partial charge in [0.25, 0.3) is 0 Å². The van der Waals surface area contributed by atoms with Crippen molar-refractivity contribution < 1.29 is 33.4 Å². The minimum Gasteiger partial charge on any atom is -0.477 e. The molecule has 3 aliphatic rings. The number of morpholine rings is 1. The van der Waals surface area contributed by atoms with Gasteiger partial charge in [0.2, 0.25) is 5.91 Å². The van der Waals surface area contributed by atoms with Crippen LogP contribution >= 0.6 is 0 Å². The van der Waals surface area contributed by atoms with Gasteiger partial charge in [-0.2, -0.15) is 0 Å². The van der Waals surface area contributed by atoms with Crippen molar-refractivity contribution in [1.82, 2.24) is 9.80 Å². The molecule has 0 aromatic heterocycles. The van der Waals surface area contributed by atoms with E-state index in [1.54, 1.807) is 0 Å².